The van der Waals surface area contributed by atoms with Gasteiger partial charge in [-0.1, -0.05) is 23.2 Å². The van der Waals surface area contributed by atoms with E-state index >= 15 is 0 Å². The Balaban J connectivity index is 2.61. The largest absolute Gasteiger partial charge is 0.280 e. The fraction of sp³-hybridized carbons (Fsp3) is 0. The summed E-state index contributed by atoms with van der Waals surface area (Å²) in [5.74, 6) is 0. The van der Waals surface area contributed by atoms with Crippen LogP contribution in [0.1, 0.15) is 0 Å². The Morgan fingerprint density at radius 1 is 1.07 bits per heavy atom. The molecule has 0 unspecified atom stereocenters. The minimum atomic E-state index is 0.555. The molecule has 0 N–H and O–H groups in total. The van der Waals surface area contributed by atoms with E-state index in [1.807, 2.05) is 16.5 Å². The predicted octanol–water partition coefficient (Wildman–Crippen LogP) is 3.19. The van der Waals surface area contributed by atoms with Crippen molar-refractivity contribution in [3.05, 3.63) is 40.8 Å². The van der Waals surface area contributed by atoms with Crippen molar-refractivity contribution in [3.8, 4) is 0 Å². The normalized spacial score (nSPS) is 11.3. The highest BCUT2D eigenvalue weighted by atomic mass is 35.5. The van der Waals surface area contributed by atoms with Gasteiger partial charge < -0.3 is 0 Å². The van der Waals surface area contributed by atoms with Crippen LogP contribution in [0.2, 0.25) is 10.2 Å². The molecule has 0 radical (unpaired) electrons. The number of nitrogens with zero attached hydrogens (tertiary/aromatic N) is 3. The van der Waals surface area contributed by atoms with E-state index in [-0.39, 0.29) is 0 Å². The standard InChI is InChI=1S/C10H5Cl2N3/c11-6-1-2-7-8(3-6)15-9(12)4-14-10(15)5-13-7/h1-5H. The maximum atomic E-state index is 6.03. The molecule has 3 rings (SSSR count). The predicted molar refractivity (Wildman–Crippen MR) is 60.5 cm³/mol. The van der Waals surface area contributed by atoms with Crippen LogP contribution in [0, 0.1) is 0 Å². The third-order valence-corrected chi connectivity index (χ3v) is 2.75. The van der Waals surface area contributed by atoms with Gasteiger partial charge in [0.15, 0.2) is 5.65 Å². The number of fused-ring (bicyclic) bond motifs is 3. The number of halogens is 2. The molecule has 0 amide bonds. The molecule has 0 spiro atoms. The zero-order valence-corrected chi connectivity index (χ0v) is 9.00. The molecule has 0 saturated carbocycles. The Morgan fingerprint density at radius 2 is 1.93 bits per heavy atom. The quantitative estimate of drug-likeness (QED) is 0.602. The maximum absolute atomic E-state index is 6.03. The van der Waals surface area contributed by atoms with E-state index in [9.17, 15) is 0 Å². The smallest absolute Gasteiger partial charge is 0.156 e. The maximum Gasteiger partial charge on any atom is 0.156 e. The Hall–Kier alpha value is -1.32. The van der Waals surface area contributed by atoms with Gasteiger partial charge in [0.1, 0.15) is 5.15 Å². The second kappa shape index (κ2) is 3.08. The van der Waals surface area contributed by atoms with Gasteiger partial charge in [0.05, 0.1) is 23.4 Å². The van der Waals surface area contributed by atoms with Gasteiger partial charge in [-0.3, -0.25) is 9.38 Å². The fourth-order valence-corrected chi connectivity index (χ4v) is 1.98. The summed E-state index contributed by atoms with van der Waals surface area (Å²) in [4.78, 5) is 8.39. The summed E-state index contributed by atoms with van der Waals surface area (Å²) in [5, 5.41) is 1.21. The first-order valence-electron chi connectivity index (χ1n) is 4.33. The Bertz CT molecular complexity index is 660. The van der Waals surface area contributed by atoms with Crippen molar-refractivity contribution in [2.24, 2.45) is 0 Å². The summed E-state index contributed by atoms with van der Waals surface area (Å²) in [7, 11) is 0. The fourth-order valence-electron chi connectivity index (χ4n) is 1.59. The van der Waals surface area contributed by atoms with Crippen molar-refractivity contribution in [2.45, 2.75) is 0 Å². The number of benzene rings is 1. The van der Waals surface area contributed by atoms with Gasteiger partial charge >= 0.3 is 0 Å². The molecular weight excluding hydrogens is 233 g/mol. The second-order valence-electron chi connectivity index (χ2n) is 3.17. The van der Waals surface area contributed by atoms with Gasteiger partial charge in [0.2, 0.25) is 0 Å². The molecule has 15 heavy (non-hydrogen) atoms. The number of aromatic nitrogens is 3. The number of hydrogen-bond donors (Lipinski definition) is 0. The monoisotopic (exact) mass is 237 g/mol. The summed E-state index contributed by atoms with van der Waals surface area (Å²) >= 11 is 12.0. The van der Waals surface area contributed by atoms with Gasteiger partial charge in [0, 0.05) is 5.02 Å². The van der Waals surface area contributed by atoms with Crippen molar-refractivity contribution in [1.82, 2.24) is 14.4 Å². The molecule has 3 nitrogen and oxygen atoms in total. The second-order valence-corrected chi connectivity index (χ2v) is 3.99. The van der Waals surface area contributed by atoms with Crippen molar-refractivity contribution in [2.75, 3.05) is 0 Å². The highest BCUT2D eigenvalue weighted by molar-refractivity contribution is 6.31. The molecule has 1 aromatic carbocycles. The van der Waals surface area contributed by atoms with Crippen LogP contribution in [0.4, 0.5) is 0 Å². The van der Waals surface area contributed by atoms with E-state index < -0.39 is 0 Å². The molecule has 5 heteroatoms. The topological polar surface area (TPSA) is 30.2 Å². The van der Waals surface area contributed by atoms with E-state index in [2.05, 4.69) is 9.97 Å². The summed E-state index contributed by atoms with van der Waals surface area (Å²) in [6.07, 6.45) is 3.28. The Morgan fingerprint density at radius 3 is 2.80 bits per heavy atom. The average molecular weight is 238 g/mol. The molecule has 74 valence electrons. The van der Waals surface area contributed by atoms with Crippen LogP contribution in [-0.4, -0.2) is 14.4 Å². The molecule has 0 fully saturated rings. The lowest BCUT2D eigenvalue weighted by atomic mass is 10.3. The summed E-state index contributed by atoms with van der Waals surface area (Å²) in [6.45, 7) is 0. The SMILES string of the molecule is Clc1ccc2ncc3ncc(Cl)n3c2c1. The Labute approximate surface area is 95.3 Å². The number of rotatable bonds is 0. The first-order valence-corrected chi connectivity index (χ1v) is 5.08. The van der Waals surface area contributed by atoms with E-state index in [4.69, 9.17) is 23.2 Å². The highest BCUT2D eigenvalue weighted by Crippen LogP contribution is 2.22. The molecule has 0 bridgehead atoms. The third kappa shape index (κ3) is 1.28. The highest BCUT2D eigenvalue weighted by Gasteiger charge is 2.06. The van der Waals surface area contributed by atoms with Gasteiger partial charge in [-0.05, 0) is 18.2 Å². The van der Waals surface area contributed by atoms with E-state index in [1.165, 1.54) is 0 Å². The molecular formula is C10H5Cl2N3. The van der Waals surface area contributed by atoms with E-state index in [1.54, 1.807) is 18.5 Å². The molecule has 0 atom stereocenters. The van der Waals surface area contributed by atoms with Crippen molar-refractivity contribution >= 4 is 39.9 Å². The number of imidazole rings is 1. The van der Waals surface area contributed by atoms with Crippen molar-refractivity contribution in [1.29, 1.82) is 0 Å². The molecule has 0 aliphatic carbocycles. The van der Waals surface area contributed by atoms with Crippen LogP contribution in [0.3, 0.4) is 0 Å². The molecule has 0 aliphatic rings. The van der Waals surface area contributed by atoms with Crippen LogP contribution < -0.4 is 0 Å². The first-order chi connectivity index (χ1) is 7.25. The third-order valence-electron chi connectivity index (χ3n) is 2.24. The van der Waals surface area contributed by atoms with Crippen LogP contribution in [0.5, 0.6) is 0 Å². The van der Waals surface area contributed by atoms with Gasteiger partial charge in [-0.2, -0.15) is 0 Å². The summed E-state index contributed by atoms with van der Waals surface area (Å²) < 4.78 is 1.82. The van der Waals surface area contributed by atoms with Crippen LogP contribution in [0.25, 0.3) is 16.7 Å². The zero-order valence-electron chi connectivity index (χ0n) is 7.48. The molecule has 0 saturated heterocycles. The van der Waals surface area contributed by atoms with Crippen LogP contribution in [0.15, 0.2) is 30.6 Å². The van der Waals surface area contributed by atoms with E-state index in [0.717, 1.165) is 16.7 Å². The van der Waals surface area contributed by atoms with Crippen LogP contribution >= 0.6 is 23.2 Å². The zero-order chi connectivity index (χ0) is 10.4. The molecule has 3 aromatic rings. The van der Waals surface area contributed by atoms with E-state index in [0.29, 0.717) is 10.2 Å². The van der Waals surface area contributed by atoms with Gasteiger partial charge in [-0.25, -0.2) is 4.98 Å². The lowest BCUT2D eigenvalue weighted by Gasteiger charge is -2.02. The van der Waals surface area contributed by atoms with Gasteiger partial charge in [0.25, 0.3) is 0 Å². The first kappa shape index (κ1) is 8.95. The lowest BCUT2D eigenvalue weighted by molar-refractivity contribution is 1.21. The molecule has 2 heterocycles. The number of hydrogen-bond acceptors (Lipinski definition) is 2. The van der Waals surface area contributed by atoms with Gasteiger partial charge in [-0.15, -0.1) is 0 Å². The van der Waals surface area contributed by atoms with Crippen molar-refractivity contribution < 1.29 is 0 Å². The average Bonchev–Trinajstić information content (AvgIpc) is 2.60. The Kier molecular flexibility index (Phi) is 1.84. The molecule has 2 aromatic heterocycles. The van der Waals surface area contributed by atoms with Crippen molar-refractivity contribution in [3.63, 3.8) is 0 Å². The minimum Gasteiger partial charge on any atom is -0.280 e. The molecule has 0 aliphatic heterocycles. The van der Waals surface area contributed by atoms with Crippen LogP contribution in [-0.2, 0) is 0 Å². The summed E-state index contributed by atoms with van der Waals surface area (Å²) in [6, 6.07) is 5.48. The summed E-state index contributed by atoms with van der Waals surface area (Å²) in [5.41, 5.74) is 2.42. The lowest BCUT2D eigenvalue weighted by Crippen LogP contribution is -1.90. The minimum absolute atomic E-state index is 0.555.